The van der Waals surface area contributed by atoms with Crippen LogP contribution in [0.5, 0.6) is 0 Å². The van der Waals surface area contributed by atoms with Crippen LogP contribution in [0.1, 0.15) is 5.56 Å². The second kappa shape index (κ2) is 5.67. The topological polar surface area (TPSA) is 43.6 Å². The largest absolute Gasteiger partial charge is 0.262 e. The average molecular weight is 324 g/mol. The highest BCUT2D eigenvalue weighted by Gasteiger charge is 2.21. The first-order chi connectivity index (χ1) is 12.4. The Kier molecular flexibility index (Phi) is 3.20. The zero-order chi connectivity index (χ0) is 16.6. The van der Waals surface area contributed by atoms with Crippen molar-refractivity contribution in [3.05, 3.63) is 78.5 Å². The van der Waals surface area contributed by atoms with Gasteiger partial charge in [0.2, 0.25) is 0 Å². The van der Waals surface area contributed by atoms with Crippen molar-refractivity contribution in [3.63, 3.8) is 0 Å². The van der Waals surface area contributed by atoms with Crippen LogP contribution in [-0.2, 0) is 13.0 Å². The molecule has 4 nitrogen and oxygen atoms in total. The van der Waals surface area contributed by atoms with Crippen molar-refractivity contribution in [1.29, 1.82) is 0 Å². The predicted octanol–water partition coefficient (Wildman–Crippen LogP) is 4.23. The highest BCUT2D eigenvalue weighted by atomic mass is 15.3. The molecule has 4 heteroatoms. The lowest BCUT2D eigenvalue weighted by molar-refractivity contribution is 0.604. The summed E-state index contributed by atoms with van der Waals surface area (Å²) in [6.45, 7) is 0.864. The normalized spacial score (nSPS) is 12.5. The summed E-state index contributed by atoms with van der Waals surface area (Å²) in [5, 5.41) is 4.78. The summed E-state index contributed by atoms with van der Waals surface area (Å²) in [6.07, 6.45) is 2.87. The van der Waals surface area contributed by atoms with E-state index >= 15 is 0 Å². The predicted molar refractivity (Wildman–Crippen MR) is 97.8 cm³/mol. The van der Waals surface area contributed by atoms with Gasteiger partial charge in [0.05, 0.1) is 17.1 Å². The molecule has 1 aliphatic rings. The maximum absolute atomic E-state index is 4.86. The molecule has 0 unspecified atom stereocenters. The standard InChI is InChI=1S/C21H16N4/c1-3-7-15(8-4-1)18-13-19-20-17(11-12-25(19)24-18)14-22-21(23-20)16-9-5-2-6-10-16/h1-10,13-14H,11-12H2. The van der Waals surface area contributed by atoms with Crippen LogP contribution in [0.2, 0.25) is 0 Å². The van der Waals surface area contributed by atoms with E-state index in [4.69, 9.17) is 10.1 Å². The number of hydrogen-bond donors (Lipinski definition) is 0. The van der Waals surface area contributed by atoms with Crippen LogP contribution in [-0.4, -0.2) is 19.7 Å². The van der Waals surface area contributed by atoms with Crippen molar-refractivity contribution in [3.8, 4) is 34.0 Å². The summed E-state index contributed by atoms with van der Waals surface area (Å²) >= 11 is 0. The third-order valence-electron chi connectivity index (χ3n) is 4.58. The van der Waals surface area contributed by atoms with E-state index in [2.05, 4.69) is 27.9 Å². The van der Waals surface area contributed by atoms with Crippen LogP contribution in [0.4, 0.5) is 0 Å². The Balaban J connectivity index is 1.63. The maximum atomic E-state index is 4.86. The molecule has 4 aromatic rings. The maximum Gasteiger partial charge on any atom is 0.159 e. The Morgan fingerprint density at radius 3 is 2.32 bits per heavy atom. The Bertz CT molecular complexity index is 1040. The number of rotatable bonds is 2. The number of aryl methyl sites for hydroxylation is 2. The summed E-state index contributed by atoms with van der Waals surface area (Å²) in [6, 6.07) is 22.5. The van der Waals surface area contributed by atoms with Crippen LogP contribution in [0.3, 0.4) is 0 Å². The average Bonchev–Trinajstić information content (AvgIpc) is 3.14. The van der Waals surface area contributed by atoms with Gasteiger partial charge in [0.15, 0.2) is 5.82 Å². The Labute approximate surface area is 145 Å². The van der Waals surface area contributed by atoms with Gasteiger partial charge in [-0.2, -0.15) is 5.10 Å². The highest BCUT2D eigenvalue weighted by Crippen LogP contribution is 2.32. The second-order valence-electron chi connectivity index (χ2n) is 6.19. The summed E-state index contributed by atoms with van der Waals surface area (Å²) in [5.41, 5.74) is 6.40. The molecule has 0 aliphatic carbocycles. The fourth-order valence-corrected chi connectivity index (χ4v) is 3.29. The number of fused-ring (bicyclic) bond motifs is 3. The number of aromatic nitrogens is 4. The molecule has 2 aromatic heterocycles. The van der Waals surface area contributed by atoms with Crippen molar-refractivity contribution in [2.75, 3.05) is 0 Å². The van der Waals surface area contributed by atoms with E-state index in [-0.39, 0.29) is 0 Å². The fourth-order valence-electron chi connectivity index (χ4n) is 3.29. The van der Waals surface area contributed by atoms with Gasteiger partial charge in [-0.3, -0.25) is 4.68 Å². The zero-order valence-corrected chi connectivity index (χ0v) is 13.6. The van der Waals surface area contributed by atoms with Gasteiger partial charge in [-0.15, -0.1) is 0 Å². The molecule has 0 saturated carbocycles. The van der Waals surface area contributed by atoms with E-state index in [0.29, 0.717) is 0 Å². The Morgan fingerprint density at radius 2 is 1.56 bits per heavy atom. The Hall–Kier alpha value is -3.27. The minimum Gasteiger partial charge on any atom is -0.262 e. The van der Waals surface area contributed by atoms with Gasteiger partial charge in [-0.1, -0.05) is 60.7 Å². The lowest BCUT2D eigenvalue weighted by atomic mass is 10.0. The van der Waals surface area contributed by atoms with Gasteiger partial charge < -0.3 is 0 Å². The van der Waals surface area contributed by atoms with E-state index in [1.54, 1.807) is 0 Å². The molecule has 0 amide bonds. The van der Waals surface area contributed by atoms with E-state index in [0.717, 1.165) is 47.0 Å². The van der Waals surface area contributed by atoms with Crippen molar-refractivity contribution >= 4 is 0 Å². The lowest BCUT2D eigenvalue weighted by Gasteiger charge is -2.17. The van der Waals surface area contributed by atoms with Crippen LogP contribution in [0.15, 0.2) is 72.9 Å². The summed E-state index contributed by atoms with van der Waals surface area (Å²) < 4.78 is 2.06. The monoisotopic (exact) mass is 324 g/mol. The zero-order valence-electron chi connectivity index (χ0n) is 13.6. The van der Waals surface area contributed by atoms with Gasteiger partial charge in [0.1, 0.15) is 0 Å². The van der Waals surface area contributed by atoms with Gasteiger partial charge in [-0.05, 0) is 12.5 Å². The van der Waals surface area contributed by atoms with Gasteiger partial charge in [0, 0.05) is 29.4 Å². The Morgan fingerprint density at radius 1 is 0.840 bits per heavy atom. The van der Waals surface area contributed by atoms with Gasteiger partial charge in [0.25, 0.3) is 0 Å². The summed E-state index contributed by atoms with van der Waals surface area (Å²) in [5.74, 6) is 0.760. The SMILES string of the molecule is c1ccc(-c2cc3n(n2)CCc2cnc(-c4ccccc4)nc2-3)cc1. The molecule has 0 N–H and O–H groups in total. The molecule has 1 aliphatic heterocycles. The first-order valence-electron chi connectivity index (χ1n) is 8.43. The van der Waals surface area contributed by atoms with Crippen LogP contribution in [0.25, 0.3) is 34.0 Å². The lowest BCUT2D eigenvalue weighted by Crippen LogP contribution is -2.14. The highest BCUT2D eigenvalue weighted by molar-refractivity contribution is 5.70. The molecular formula is C21H16N4. The molecule has 0 atom stereocenters. The molecule has 0 fully saturated rings. The molecule has 0 radical (unpaired) electrons. The van der Waals surface area contributed by atoms with Crippen LogP contribution in [0, 0.1) is 0 Å². The van der Waals surface area contributed by atoms with Crippen LogP contribution < -0.4 is 0 Å². The first kappa shape index (κ1) is 14.1. The molecule has 5 rings (SSSR count). The van der Waals surface area contributed by atoms with Crippen molar-refractivity contribution in [2.24, 2.45) is 0 Å². The summed E-state index contributed by atoms with van der Waals surface area (Å²) in [4.78, 5) is 9.42. The quantitative estimate of drug-likeness (QED) is 0.554. The van der Waals surface area contributed by atoms with Crippen molar-refractivity contribution < 1.29 is 0 Å². The fraction of sp³-hybridized carbons (Fsp3) is 0.0952. The smallest absolute Gasteiger partial charge is 0.159 e. The third-order valence-corrected chi connectivity index (χ3v) is 4.58. The molecule has 2 aromatic carbocycles. The number of hydrogen-bond acceptors (Lipinski definition) is 3. The molecule has 0 bridgehead atoms. The number of nitrogens with zero attached hydrogens (tertiary/aromatic N) is 4. The van der Waals surface area contributed by atoms with Crippen molar-refractivity contribution in [1.82, 2.24) is 19.7 Å². The van der Waals surface area contributed by atoms with E-state index in [1.165, 1.54) is 5.56 Å². The molecular weight excluding hydrogens is 308 g/mol. The van der Waals surface area contributed by atoms with Gasteiger partial charge in [-0.25, -0.2) is 9.97 Å². The molecule has 25 heavy (non-hydrogen) atoms. The first-order valence-corrected chi connectivity index (χ1v) is 8.43. The molecule has 3 heterocycles. The minimum atomic E-state index is 0.760. The van der Waals surface area contributed by atoms with Crippen LogP contribution >= 0.6 is 0 Å². The third kappa shape index (κ3) is 2.43. The van der Waals surface area contributed by atoms with E-state index < -0.39 is 0 Å². The van der Waals surface area contributed by atoms with Crippen molar-refractivity contribution in [2.45, 2.75) is 13.0 Å². The molecule has 120 valence electrons. The molecule has 0 saturated heterocycles. The minimum absolute atomic E-state index is 0.760. The van der Waals surface area contributed by atoms with E-state index in [9.17, 15) is 0 Å². The number of benzene rings is 2. The molecule has 0 spiro atoms. The van der Waals surface area contributed by atoms with E-state index in [1.807, 2.05) is 54.7 Å². The second-order valence-corrected chi connectivity index (χ2v) is 6.19. The summed E-state index contributed by atoms with van der Waals surface area (Å²) in [7, 11) is 0. The van der Waals surface area contributed by atoms with Gasteiger partial charge >= 0.3 is 0 Å².